The molecule has 44 heavy (non-hydrogen) atoms. The first-order valence-corrected chi connectivity index (χ1v) is 18.6. The standard InChI is InChI=1S/C41H63NO2/c1-8-10-15-30(12-9-2)32-22-33(27-42-26-32)39(43)44-35-18-21-41(7)34(24-35)16-17-36-37(41)19-20-40(6)25-31(23-38(36)40)29(5)14-11-13-28(3)4/h15-16,22,26-29,31,35-38H,8-14,17-21,23-25H2,1-7H3/b30-15+/t29-,31-,35+,36-,37+,38+,40-,41+/m1/s1. The van der Waals surface area contributed by atoms with Gasteiger partial charge in [-0.1, -0.05) is 98.3 Å². The Balaban J connectivity index is 1.23. The van der Waals surface area contributed by atoms with Gasteiger partial charge in [0, 0.05) is 18.8 Å². The van der Waals surface area contributed by atoms with Crippen LogP contribution in [0.4, 0.5) is 0 Å². The van der Waals surface area contributed by atoms with Crippen LogP contribution in [0.3, 0.4) is 0 Å². The summed E-state index contributed by atoms with van der Waals surface area (Å²) in [7, 11) is 0. The lowest BCUT2D eigenvalue weighted by Gasteiger charge is -2.57. The highest BCUT2D eigenvalue weighted by Gasteiger charge is 2.58. The number of aromatic nitrogens is 1. The minimum atomic E-state index is -0.207. The summed E-state index contributed by atoms with van der Waals surface area (Å²) in [5.74, 6) is 4.91. The molecule has 4 aliphatic carbocycles. The minimum Gasteiger partial charge on any atom is -0.458 e. The lowest BCUT2D eigenvalue weighted by Crippen LogP contribution is -2.49. The third kappa shape index (κ3) is 7.07. The second-order valence-electron chi connectivity index (χ2n) is 16.5. The van der Waals surface area contributed by atoms with Crippen molar-refractivity contribution in [3.63, 3.8) is 0 Å². The number of carbonyl (C=O) groups is 1. The number of allylic oxidation sites excluding steroid dienone is 3. The van der Waals surface area contributed by atoms with Crippen molar-refractivity contribution in [3.05, 3.63) is 47.3 Å². The topological polar surface area (TPSA) is 39.2 Å². The molecule has 0 bridgehead atoms. The van der Waals surface area contributed by atoms with Crippen molar-refractivity contribution in [2.75, 3.05) is 0 Å². The summed E-state index contributed by atoms with van der Waals surface area (Å²) in [6.07, 6.45) is 26.9. The van der Waals surface area contributed by atoms with Crippen LogP contribution < -0.4 is 0 Å². The smallest absolute Gasteiger partial charge is 0.340 e. The van der Waals surface area contributed by atoms with Gasteiger partial charge in [0.05, 0.1) is 5.56 Å². The highest BCUT2D eigenvalue weighted by Crippen LogP contribution is 2.66. The van der Waals surface area contributed by atoms with E-state index < -0.39 is 0 Å². The average molecular weight is 602 g/mol. The molecule has 0 aliphatic heterocycles. The molecule has 0 saturated heterocycles. The quantitative estimate of drug-likeness (QED) is 0.177. The summed E-state index contributed by atoms with van der Waals surface area (Å²) < 4.78 is 6.22. The predicted molar refractivity (Wildman–Crippen MR) is 184 cm³/mol. The fourth-order valence-electron chi connectivity index (χ4n) is 10.3. The van der Waals surface area contributed by atoms with Gasteiger partial charge in [-0.05, 0) is 121 Å². The van der Waals surface area contributed by atoms with Gasteiger partial charge in [0.1, 0.15) is 6.10 Å². The van der Waals surface area contributed by atoms with Gasteiger partial charge in [-0.2, -0.15) is 0 Å². The molecule has 0 radical (unpaired) electrons. The molecule has 3 nitrogen and oxygen atoms in total. The minimum absolute atomic E-state index is 0.0239. The summed E-state index contributed by atoms with van der Waals surface area (Å²) in [5.41, 5.74) is 5.35. The van der Waals surface area contributed by atoms with Crippen LogP contribution in [-0.4, -0.2) is 17.1 Å². The summed E-state index contributed by atoms with van der Waals surface area (Å²) in [5, 5.41) is 0. The van der Waals surface area contributed by atoms with Crippen LogP contribution in [0.5, 0.6) is 0 Å². The van der Waals surface area contributed by atoms with Crippen molar-refractivity contribution >= 4 is 11.5 Å². The van der Waals surface area contributed by atoms with Crippen LogP contribution in [0, 0.1) is 46.3 Å². The Bertz CT molecular complexity index is 1200. The normalized spacial score (nSPS) is 34.1. The third-order valence-corrected chi connectivity index (χ3v) is 12.9. The molecule has 3 saturated carbocycles. The molecule has 5 rings (SSSR count). The summed E-state index contributed by atoms with van der Waals surface area (Å²) in [4.78, 5) is 17.8. The van der Waals surface area contributed by atoms with Crippen molar-refractivity contribution in [2.24, 2.45) is 46.3 Å². The maximum absolute atomic E-state index is 13.4. The molecule has 0 amide bonds. The average Bonchev–Trinajstić information content (AvgIpc) is 3.37. The van der Waals surface area contributed by atoms with Gasteiger partial charge in [-0.3, -0.25) is 4.98 Å². The highest BCUT2D eigenvalue weighted by atomic mass is 16.5. The Morgan fingerprint density at radius 2 is 1.84 bits per heavy atom. The van der Waals surface area contributed by atoms with E-state index in [0.717, 1.165) is 86.0 Å². The fraction of sp³-hybridized carbons (Fsp3) is 0.756. The van der Waals surface area contributed by atoms with Crippen molar-refractivity contribution in [1.29, 1.82) is 0 Å². The molecule has 0 aromatic carbocycles. The lowest BCUT2D eigenvalue weighted by molar-refractivity contribution is -0.0406. The van der Waals surface area contributed by atoms with Crippen LogP contribution in [0.1, 0.15) is 161 Å². The molecule has 244 valence electrons. The molecule has 3 fully saturated rings. The number of rotatable bonds is 12. The molecule has 8 atom stereocenters. The molecule has 1 aromatic heterocycles. The molecular formula is C41H63NO2. The SMILES string of the molecule is CCC/C=C(\CCC)c1cncc(C(=O)O[C@H]2CC[C@@]3(C)C(=CC[C@H]4[C@@H]5C[C@@H]([C@H](C)CCCC(C)C)C[C@@]5(C)CC[C@@H]43)C2)c1. The number of nitrogens with zero attached hydrogens (tertiary/aromatic N) is 1. The van der Waals surface area contributed by atoms with E-state index in [1.807, 2.05) is 12.3 Å². The van der Waals surface area contributed by atoms with Gasteiger partial charge < -0.3 is 4.74 Å². The first kappa shape index (κ1) is 33.5. The van der Waals surface area contributed by atoms with E-state index in [4.69, 9.17) is 4.74 Å². The van der Waals surface area contributed by atoms with E-state index in [1.54, 1.807) is 11.8 Å². The largest absolute Gasteiger partial charge is 0.458 e. The van der Waals surface area contributed by atoms with Gasteiger partial charge in [-0.15, -0.1) is 0 Å². The van der Waals surface area contributed by atoms with Crippen molar-refractivity contribution in [2.45, 2.75) is 151 Å². The zero-order valence-electron chi connectivity index (χ0n) is 29.3. The van der Waals surface area contributed by atoms with Gasteiger partial charge in [0.25, 0.3) is 0 Å². The molecule has 4 aliphatic rings. The molecule has 0 unspecified atom stereocenters. The third-order valence-electron chi connectivity index (χ3n) is 12.9. The zero-order valence-corrected chi connectivity index (χ0v) is 29.3. The van der Waals surface area contributed by atoms with E-state index in [9.17, 15) is 4.79 Å². The lowest BCUT2D eigenvalue weighted by atomic mass is 9.48. The van der Waals surface area contributed by atoms with E-state index in [-0.39, 0.29) is 17.5 Å². The second-order valence-corrected chi connectivity index (χ2v) is 16.5. The number of pyridine rings is 1. The highest BCUT2D eigenvalue weighted by molar-refractivity contribution is 5.90. The zero-order chi connectivity index (χ0) is 31.5. The maximum Gasteiger partial charge on any atom is 0.340 e. The summed E-state index contributed by atoms with van der Waals surface area (Å²) in [6.45, 7) is 16.9. The Morgan fingerprint density at radius 1 is 1.05 bits per heavy atom. The van der Waals surface area contributed by atoms with Crippen molar-refractivity contribution in [3.8, 4) is 0 Å². The van der Waals surface area contributed by atoms with E-state index >= 15 is 0 Å². The van der Waals surface area contributed by atoms with Gasteiger partial charge in [-0.25, -0.2) is 4.79 Å². The van der Waals surface area contributed by atoms with Crippen LogP contribution in [0.25, 0.3) is 5.57 Å². The van der Waals surface area contributed by atoms with Gasteiger partial charge in [0.2, 0.25) is 0 Å². The first-order chi connectivity index (χ1) is 21.1. The monoisotopic (exact) mass is 601 g/mol. The van der Waals surface area contributed by atoms with Crippen molar-refractivity contribution < 1.29 is 9.53 Å². The number of esters is 1. The molecule has 0 N–H and O–H groups in total. The Kier molecular flexibility index (Phi) is 10.8. The summed E-state index contributed by atoms with van der Waals surface area (Å²) in [6, 6.07) is 2.00. The number of ether oxygens (including phenoxy) is 1. The van der Waals surface area contributed by atoms with Gasteiger partial charge >= 0.3 is 5.97 Å². The van der Waals surface area contributed by atoms with Crippen LogP contribution >= 0.6 is 0 Å². The predicted octanol–water partition coefficient (Wildman–Crippen LogP) is 11.6. The number of hydrogen-bond donors (Lipinski definition) is 0. The summed E-state index contributed by atoms with van der Waals surface area (Å²) >= 11 is 0. The number of carbonyl (C=O) groups excluding carboxylic acids is 1. The van der Waals surface area contributed by atoms with E-state index in [1.165, 1.54) is 56.9 Å². The van der Waals surface area contributed by atoms with E-state index in [2.05, 4.69) is 65.6 Å². The maximum atomic E-state index is 13.4. The molecule has 1 heterocycles. The number of unbranched alkanes of at least 4 members (excludes halogenated alkanes) is 1. The van der Waals surface area contributed by atoms with Crippen LogP contribution in [0.2, 0.25) is 0 Å². The van der Waals surface area contributed by atoms with Crippen LogP contribution in [-0.2, 0) is 4.74 Å². The molecule has 3 heteroatoms. The van der Waals surface area contributed by atoms with Gasteiger partial charge in [0.15, 0.2) is 0 Å². The van der Waals surface area contributed by atoms with Crippen molar-refractivity contribution in [1.82, 2.24) is 4.98 Å². The Labute approximate surface area is 270 Å². The Morgan fingerprint density at radius 3 is 2.59 bits per heavy atom. The number of hydrogen-bond acceptors (Lipinski definition) is 3. The first-order valence-electron chi connectivity index (χ1n) is 18.6. The second kappa shape index (κ2) is 14.3. The Hall–Kier alpha value is -1.90. The fourth-order valence-corrected chi connectivity index (χ4v) is 10.3. The number of fused-ring (bicyclic) bond motifs is 5. The molecular weight excluding hydrogens is 538 g/mol. The van der Waals surface area contributed by atoms with E-state index in [0.29, 0.717) is 11.0 Å². The molecule has 0 spiro atoms. The molecule has 1 aromatic rings. The van der Waals surface area contributed by atoms with Crippen LogP contribution in [0.15, 0.2) is 36.2 Å².